The second-order valence-electron chi connectivity index (χ2n) is 11.4. The van der Waals surface area contributed by atoms with Crippen molar-refractivity contribution >= 4 is 34.3 Å². The minimum atomic E-state index is -4.59. The molecule has 2 aliphatic heterocycles. The molecule has 4 heterocycles. The zero-order valence-electron chi connectivity index (χ0n) is 24.4. The van der Waals surface area contributed by atoms with Crippen LogP contribution < -0.4 is 15.4 Å². The Balaban J connectivity index is 1.07. The predicted molar refractivity (Wildman–Crippen MR) is 159 cm³/mol. The molecule has 45 heavy (non-hydrogen) atoms. The highest BCUT2D eigenvalue weighted by Gasteiger charge is 2.32. The lowest BCUT2D eigenvalue weighted by atomic mass is 9.90. The number of methoxy groups -OCH3 is 1. The molecule has 1 unspecified atom stereocenters. The molecular formula is C32H31F3N6O4. The number of imide groups is 1. The molecule has 2 N–H and O–H groups in total. The summed E-state index contributed by atoms with van der Waals surface area (Å²) in [5.74, 6) is -0.980. The molecule has 0 saturated carbocycles. The van der Waals surface area contributed by atoms with Crippen molar-refractivity contribution in [2.45, 2.75) is 50.4 Å². The van der Waals surface area contributed by atoms with Crippen molar-refractivity contribution in [1.82, 2.24) is 25.0 Å². The summed E-state index contributed by atoms with van der Waals surface area (Å²) in [5, 5.41) is 10.7. The largest absolute Gasteiger partial charge is 0.494 e. The lowest BCUT2D eigenvalue weighted by Gasteiger charge is -2.32. The molecule has 2 aromatic carbocycles. The maximum absolute atomic E-state index is 12.8. The number of halogens is 3. The molecule has 1 atom stereocenters. The van der Waals surface area contributed by atoms with Gasteiger partial charge in [0.1, 0.15) is 11.4 Å². The van der Waals surface area contributed by atoms with Crippen molar-refractivity contribution in [3.05, 3.63) is 83.3 Å². The van der Waals surface area contributed by atoms with Gasteiger partial charge in [0, 0.05) is 49.9 Å². The van der Waals surface area contributed by atoms with Gasteiger partial charge in [0.05, 0.1) is 35.8 Å². The summed E-state index contributed by atoms with van der Waals surface area (Å²) in [5.41, 5.74) is 2.05. The summed E-state index contributed by atoms with van der Waals surface area (Å²) < 4.78 is 45.9. The summed E-state index contributed by atoms with van der Waals surface area (Å²) in [6.07, 6.45) is 0.903. The van der Waals surface area contributed by atoms with Crippen LogP contribution in [-0.4, -0.2) is 57.6 Å². The topological polar surface area (TPSA) is 118 Å². The monoisotopic (exact) mass is 620 g/mol. The fourth-order valence-electron chi connectivity index (χ4n) is 5.88. The minimum Gasteiger partial charge on any atom is -0.494 e. The SMILES string of the molecule is COc1cc2nn(C3CCN(Cc4ccc(C5CCC(=O)NC5=O)cc4)CC3)cc2cc1NC(=O)c1ccc(C(F)(F)F)nc1. The van der Waals surface area contributed by atoms with Crippen molar-refractivity contribution < 1.29 is 32.3 Å². The van der Waals surface area contributed by atoms with Gasteiger partial charge < -0.3 is 10.1 Å². The van der Waals surface area contributed by atoms with Crippen LogP contribution in [0.15, 0.2) is 60.9 Å². The van der Waals surface area contributed by atoms with Gasteiger partial charge in [-0.15, -0.1) is 0 Å². The van der Waals surface area contributed by atoms with Crippen LogP contribution in [0.5, 0.6) is 5.75 Å². The quantitative estimate of drug-likeness (QED) is 0.277. The van der Waals surface area contributed by atoms with E-state index in [4.69, 9.17) is 9.84 Å². The van der Waals surface area contributed by atoms with Crippen LogP contribution in [-0.2, 0) is 22.3 Å². The highest BCUT2D eigenvalue weighted by atomic mass is 19.4. The lowest BCUT2D eigenvalue weighted by Crippen LogP contribution is -2.39. The van der Waals surface area contributed by atoms with E-state index in [9.17, 15) is 27.6 Å². The number of nitrogens with one attached hydrogen (secondary N) is 2. The van der Waals surface area contributed by atoms with Gasteiger partial charge in [0.2, 0.25) is 11.8 Å². The number of aromatic nitrogens is 3. The number of piperidine rings is 2. The van der Waals surface area contributed by atoms with Gasteiger partial charge >= 0.3 is 6.18 Å². The number of hydrogen-bond acceptors (Lipinski definition) is 7. The summed E-state index contributed by atoms with van der Waals surface area (Å²) in [6.45, 7) is 2.54. The summed E-state index contributed by atoms with van der Waals surface area (Å²) in [7, 11) is 1.46. The number of amides is 3. The van der Waals surface area contributed by atoms with Crippen LogP contribution >= 0.6 is 0 Å². The molecular weight excluding hydrogens is 589 g/mol. The van der Waals surface area contributed by atoms with E-state index in [0.717, 1.165) is 67.3 Å². The fourth-order valence-corrected chi connectivity index (χ4v) is 5.88. The normalized spacial score (nSPS) is 18.2. The standard InChI is InChI=1S/C32H31F3N6O4/c1-45-27-15-25-22(14-26(27)37-30(43)21-6-8-28(36-16-21)32(33,34)35)18-41(39-25)23-10-12-40(13-11-23)17-19-2-4-20(5-3-19)24-7-9-29(42)38-31(24)44/h2-6,8,14-16,18,23-24H,7,9-13,17H2,1H3,(H,37,43)(H,38,42,44). The molecule has 10 nitrogen and oxygen atoms in total. The van der Waals surface area contributed by atoms with Gasteiger partial charge in [-0.3, -0.25) is 34.3 Å². The average Bonchev–Trinajstić information content (AvgIpc) is 3.44. The van der Waals surface area contributed by atoms with Gasteiger partial charge in [-0.05, 0) is 48.6 Å². The molecule has 0 radical (unpaired) electrons. The highest BCUT2D eigenvalue weighted by Crippen LogP contribution is 2.33. The Morgan fingerprint density at radius 2 is 1.82 bits per heavy atom. The second-order valence-corrected chi connectivity index (χ2v) is 11.4. The van der Waals surface area contributed by atoms with E-state index in [-0.39, 0.29) is 29.3 Å². The van der Waals surface area contributed by atoms with E-state index in [2.05, 4.69) is 20.5 Å². The number of benzene rings is 2. The number of ether oxygens (including phenoxy) is 1. The number of nitrogens with zero attached hydrogens (tertiary/aromatic N) is 4. The molecule has 0 aliphatic carbocycles. The van der Waals surface area contributed by atoms with Crippen LogP contribution in [0.3, 0.4) is 0 Å². The first kappa shape index (κ1) is 30.3. The molecule has 2 aromatic heterocycles. The van der Waals surface area contributed by atoms with E-state index in [0.29, 0.717) is 29.8 Å². The van der Waals surface area contributed by atoms with Crippen molar-refractivity contribution in [3.8, 4) is 5.75 Å². The van der Waals surface area contributed by atoms with Crippen molar-refractivity contribution in [1.29, 1.82) is 0 Å². The van der Waals surface area contributed by atoms with Crippen LogP contribution in [0.1, 0.15) is 64.8 Å². The Labute approximate surface area is 256 Å². The maximum Gasteiger partial charge on any atom is 0.433 e. The first-order valence-electron chi connectivity index (χ1n) is 14.6. The third kappa shape index (κ3) is 6.68. The molecule has 2 aliphatic rings. The van der Waals surface area contributed by atoms with Gasteiger partial charge in [0.15, 0.2) is 0 Å². The Morgan fingerprint density at radius 3 is 2.47 bits per heavy atom. The van der Waals surface area contributed by atoms with E-state index in [1.807, 2.05) is 35.1 Å². The summed E-state index contributed by atoms with van der Waals surface area (Å²) in [4.78, 5) is 42.1. The number of pyridine rings is 1. The van der Waals surface area contributed by atoms with Crippen molar-refractivity contribution in [2.24, 2.45) is 0 Å². The number of alkyl halides is 3. The van der Waals surface area contributed by atoms with Gasteiger partial charge in [-0.25, -0.2) is 0 Å². The maximum atomic E-state index is 12.8. The number of carbonyl (C=O) groups is 3. The summed E-state index contributed by atoms with van der Waals surface area (Å²) >= 11 is 0. The molecule has 6 rings (SSSR count). The zero-order chi connectivity index (χ0) is 31.7. The second kappa shape index (κ2) is 12.3. The third-order valence-corrected chi connectivity index (χ3v) is 8.37. The van der Waals surface area contributed by atoms with Crippen molar-refractivity contribution in [3.63, 3.8) is 0 Å². The number of fused-ring (bicyclic) bond motifs is 1. The van der Waals surface area contributed by atoms with E-state index >= 15 is 0 Å². The van der Waals surface area contributed by atoms with Crippen LogP contribution in [0.4, 0.5) is 18.9 Å². The molecule has 234 valence electrons. The summed E-state index contributed by atoms with van der Waals surface area (Å²) in [6, 6.07) is 13.5. The third-order valence-electron chi connectivity index (χ3n) is 8.37. The van der Waals surface area contributed by atoms with E-state index in [1.165, 1.54) is 7.11 Å². The smallest absolute Gasteiger partial charge is 0.433 e. The molecule has 2 fully saturated rings. The molecule has 13 heteroatoms. The highest BCUT2D eigenvalue weighted by molar-refractivity contribution is 6.06. The Hall–Kier alpha value is -4.78. The number of carbonyl (C=O) groups excluding carboxylic acids is 3. The Bertz CT molecular complexity index is 1730. The predicted octanol–water partition coefficient (Wildman–Crippen LogP) is 5.07. The minimum absolute atomic E-state index is 0.0159. The van der Waals surface area contributed by atoms with Crippen LogP contribution in [0.2, 0.25) is 0 Å². The Morgan fingerprint density at radius 1 is 1.07 bits per heavy atom. The number of likely N-dealkylation sites (tertiary alicyclic amines) is 1. The van der Waals surface area contributed by atoms with Gasteiger partial charge in [-0.1, -0.05) is 24.3 Å². The van der Waals surface area contributed by atoms with Crippen LogP contribution in [0.25, 0.3) is 10.9 Å². The van der Waals surface area contributed by atoms with Crippen LogP contribution in [0, 0.1) is 0 Å². The number of anilines is 1. The lowest BCUT2D eigenvalue weighted by molar-refractivity contribution is -0.141. The average molecular weight is 621 g/mol. The molecule has 0 spiro atoms. The molecule has 0 bridgehead atoms. The molecule has 2 saturated heterocycles. The number of hydrogen-bond donors (Lipinski definition) is 2. The molecule has 3 amide bonds. The van der Waals surface area contributed by atoms with E-state index < -0.39 is 17.8 Å². The first-order valence-corrected chi connectivity index (χ1v) is 14.6. The van der Waals surface area contributed by atoms with Gasteiger partial charge in [-0.2, -0.15) is 18.3 Å². The van der Waals surface area contributed by atoms with Crippen molar-refractivity contribution in [2.75, 3.05) is 25.5 Å². The van der Waals surface area contributed by atoms with E-state index in [1.54, 1.807) is 12.1 Å². The number of rotatable bonds is 7. The van der Waals surface area contributed by atoms with Gasteiger partial charge in [0.25, 0.3) is 5.91 Å². The zero-order valence-corrected chi connectivity index (χ0v) is 24.4. The fraction of sp³-hybridized carbons (Fsp3) is 0.344. The first-order chi connectivity index (χ1) is 21.6. The Kier molecular flexibility index (Phi) is 8.28. The molecule has 4 aromatic rings.